The molecule has 3 rings (SSSR count). The molecule has 0 spiro atoms. The Morgan fingerprint density at radius 1 is 1.04 bits per heavy atom. The number of hydrogen-bond acceptors (Lipinski definition) is 4. The monoisotopic (exact) mass is 321 g/mol. The molecule has 124 valence electrons. The molecule has 3 aromatic rings. The highest BCUT2D eigenvalue weighted by Crippen LogP contribution is 2.25. The summed E-state index contributed by atoms with van der Waals surface area (Å²) in [6, 6.07) is 18.3. The molecule has 24 heavy (non-hydrogen) atoms. The van der Waals surface area contributed by atoms with Crippen LogP contribution in [0.1, 0.15) is 5.56 Å². The Bertz CT molecular complexity index is 787. The van der Waals surface area contributed by atoms with Gasteiger partial charge in [0.15, 0.2) is 0 Å². The van der Waals surface area contributed by atoms with Gasteiger partial charge in [-0.25, -0.2) is 0 Å². The molecule has 4 heteroatoms. The standard InChI is InChI=1S/C20H23N3O/c1-23(2)13-12-22-19-10-11-21-20-14-17(8-9-18(19)20)24-15-16-6-4-3-5-7-16/h3-11,14H,12-13,15H2,1-2H3,(H,21,22). The highest BCUT2D eigenvalue weighted by atomic mass is 16.5. The summed E-state index contributed by atoms with van der Waals surface area (Å²) in [5.74, 6) is 0.837. The van der Waals surface area contributed by atoms with Gasteiger partial charge in [0, 0.05) is 36.4 Å². The second-order valence-corrected chi connectivity index (χ2v) is 6.04. The zero-order valence-electron chi connectivity index (χ0n) is 14.2. The molecular weight excluding hydrogens is 298 g/mol. The Morgan fingerprint density at radius 2 is 1.88 bits per heavy atom. The van der Waals surface area contributed by atoms with E-state index >= 15 is 0 Å². The minimum Gasteiger partial charge on any atom is -0.489 e. The van der Waals surface area contributed by atoms with E-state index in [2.05, 4.69) is 47.5 Å². The molecule has 0 aliphatic heterocycles. The van der Waals surface area contributed by atoms with E-state index in [1.807, 2.05) is 42.6 Å². The summed E-state index contributed by atoms with van der Waals surface area (Å²) in [6.07, 6.45) is 1.83. The number of aromatic nitrogens is 1. The van der Waals surface area contributed by atoms with Gasteiger partial charge in [0.05, 0.1) is 5.52 Å². The van der Waals surface area contributed by atoms with Crippen molar-refractivity contribution in [2.24, 2.45) is 0 Å². The van der Waals surface area contributed by atoms with Crippen molar-refractivity contribution in [3.05, 3.63) is 66.4 Å². The first kappa shape index (κ1) is 16.3. The lowest BCUT2D eigenvalue weighted by atomic mass is 10.1. The average molecular weight is 321 g/mol. The third-order valence-electron chi connectivity index (χ3n) is 3.84. The second-order valence-electron chi connectivity index (χ2n) is 6.04. The van der Waals surface area contributed by atoms with Crippen LogP contribution in [0.15, 0.2) is 60.8 Å². The molecule has 0 fully saturated rings. The van der Waals surface area contributed by atoms with E-state index in [1.165, 1.54) is 0 Å². The number of anilines is 1. The second kappa shape index (κ2) is 7.79. The Morgan fingerprint density at radius 3 is 2.67 bits per heavy atom. The highest BCUT2D eigenvalue weighted by molar-refractivity contribution is 5.91. The van der Waals surface area contributed by atoms with Crippen LogP contribution in [-0.4, -0.2) is 37.1 Å². The molecule has 0 radical (unpaired) electrons. The summed E-state index contributed by atoms with van der Waals surface area (Å²) in [5.41, 5.74) is 3.21. The lowest BCUT2D eigenvalue weighted by Crippen LogP contribution is -2.20. The number of ether oxygens (including phenoxy) is 1. The van der Waals surface area contributed by atoms with Crippen LogP contribution in [0.3, 0.4) is 0 Å². The predicted molar refractivity (Wildman–Crippen MR) is 99.6 cm³/mol. The van der Waals surface area contributed by atoms with Crippen molar-refractivity contribution in [2.45, 2.75) is 6.61 Å². The molecule has 0 aliphatic carbocycles. The number of hydrogen-bond donors (Lipinski definition) is 1. The number of nitrogens with zero attached hydrogens (tertiary/aromatic N) is 2. The van der Waals surface area contributed by atoms with Crippen LogP contribution in [0.25, 0.3) is 10.9 Å². The van der Waals surface area contributed by atoms with E-state index in [-0.39, 0.29) is 0 Å². The fraction of sp³-hybridized carbons (Fsp3) is 0.250. The molecule has 0 atom stereocenters. The molecule has 2 aromatic carbocycles. The summed E-state index contributed by atoms with van der Waals surface area (Å²) in [6.45, 7) is 2.45. The van der Waals surface area contributed by atoms with Gasteiger partial charge in [0.25, 0.3) is 0 Å². The average Bonchev–Trinajstić information content (AvgIpc) is 2.60. The first-order chi connectivity index (χ1) is 11.7. The van der Waals surface area contributed by atoms with E-state index in [0.717, 1.165) is 41.0 Å². The molecule has 1 N–H and O–H groups in total. The zero-order valence-corrected chi connectivity index (χ0v) is 14.2. The summed E-state index contributed by atoms with van der Waals surface area (Å²) < 4.78 is 5.89. The van der Waals surface area contributed by atoms with Gasteiger partial charge in [0.1, 0.15) is 12.4 Å². The van der Waals surface area contributed by atoms with Crippen LogP contribution in [0.4, 0.5) is 5.69 Å². The molecular formula is C20H23N3O. The third kappa shape index (κ3) is 4.24. The lowest BCUT2D eigenvalue weighted by molar-refractivity contribution is 0.306. The van der Waals surface area contributed by atoms with Crippen molar-refractivity contribution >= 4 is 16.6 Å². The van der Waals surface area contributed by atoms with Crippen molar-refractivity contribution in [3.8, 4) is 5.75 Å². The topological polar surface area (TPSA) is 37.4 Å². The van der Waals surface area contributed by atoms with Gasteiger partial charge in [-0.2, -0.15) is 0 Å². The normalized spacial score (nSPS) is 11.0. The molecule has 1 aromatic heterocycles. The summed E-state index contributed by atoms with van der Waals surface area (Å²) in [7, 11) is 4.14. The van der Waals surface area contributed by atoms with E-state index < -0.39 is 0 Å². The van der Waals surface area contributed by atoms with Crippen LogP contribution >= 0.6 is 0 Å². The van der Waals surface area contributed by atoms with Crippen LogP contribution in [-0.2, 0) is 6.61 Å². The predicted octanol–water partition coefficient (Wildman–Crippen LogP) is 3.79. The van der Waals surface area contributed by atoms with Gasteiger partial charge >= 0.3 is 0 Å². The van der Waals surface area contributed by atoms with Crippen LogP contribution < -0.4 is 10.1 Å². The maximum atomic E-state index is 5.89. The van der Waals surface area contributed by atoms with Gasteiger partial charge in [-0.1, -0.05) is 30.3 Å². The van der Waals surface area contributed by atoms with E-state index in [0.29, 0.717) is 6.61 Å². The third-order valence-corrected chi connectivity index (χ3v) is 3.84. The fourth-order valence-electron chi connectivity index (χ4n) is 2.53. The molecule has 0 unspecified atom stereocenters. The smallest absolute Gasteiger partial charge is 0.122 e. The SMILES string of the molecule is CN(C)CCNc1ccnc2cc(OCc3ccccc3)ccc12. The molecule has 0 saturated carbocycles. The van der Waals surface area contributed by atoms with Crippen molar-refractivity contribution in [1.82, 2.24) is 9.88 Å². The number of benzene rings is 2. The van der Waals surface area contributed by atoms with E-state index in [9.17, 15) is 0 Å². The van der Waals surface area contributed by atoms with Gasteiger partial charge in [-0.05, 0) is 37.9 Å². The Hall–Kier alpha value is -2.59. The minimum absolute atomic E-state index is 0.563. The van der Waals surface area contributed by atoms with Crippen LogP contribution in [0.2, 0.25) is 0 Å². The largest absolute Gasteiger partial charge is 0.489 e. The molecule has 0 bridgehead atoms. The van der Waals surface area contributed by atoms with Gasteiger partial charge in [-0.3, -0.25) is 4.98 Å². The maximum absolute atomic E-state index is 5.89. The van der Waals surface area contributed by atoms with Crippen LogP contribution in [0, 0.1) is 0 Å². The molecule has 0 saturated heterocycles. The summed E-state index contributed by atoms with van der Waals surface area (Å²) in [5, 5.41) is 4.59. The first-order valence-corrected chi connectivity index (χ1v) is 8.16. The molecule has 0 amide bonds. The van der Waals surface area contributed by atoms with Crippen molar-refractivity contribution < 1.29 is 4.74 Å². The Balaban J connectivity index is 1.71. The van der Waals surface area contributed by atoms with Gasteiger partial charge in [-0.15, -0.1) is 0 Å². The number of fused-ring (bicyclic) bond motifs is 1. The number of nitrogens with one attached hydrogen (secondary N) is 1. The van der Waals surface area contributed by atoms with Crippen molar-refractivity contribution in [2.75, 3.05) is 32.5 Å². The fourth-order valence-corrected chi connectivity index (χ4v) is 2.53. The number of pyridine rings is 1. The minimum atomic E-state index is 0.563. The molecule has 0 aliphatic rings. The lowest BCUT2D eigenvalue weighted by Gasteiger charge is -2.13. The van der Waals surface area contributed by atoms with E-state index in [4.69, 9.17) is 4.74 Å². The van der Waals surface area contributed by atoms with Crippen molar-refractivity contribution in [1.29, 1.82) is 0 Å². The maximum Gasteiger partial charge on any atom is 0.122 e. The first-order valence-electron chi connectivity index (χ1n) is 8.16. The Labute approximate surface area is 143 Å². The van der Waals surface area contributed by atoms with Crippen LogP contribution in [0.5, 0.6) is 5.75 Å². The van der Waals surface area contributed by atoms with Gasteiger partial charge in [0.2, 0.25) is 0 Å². The highest BCUT2D eigenvalue weighted by Gasteiger charge is 2.04. The quantitative estimate of drug-likeness (QED) is 0.718. The molecule has 4 nitrogen and oxygen atoms in total. The zero-order chi connectivity index (χ0) is 16.8. The number of rotatable bonds is 7. The van der Waals surface area contributed by atoms with Gasteiger partial charge < -0.3 is 15.0 Å². The molecule has 1 heterocycles. The summed E-state index contributed by atoms with van der Waals surface area (Å²) >= 11 is 0. The van der Waals surface area contributed by atoms with E-state index in [1.54, 1.807) is 0 Å². The summed E-state index contributed by atoms with van der Waals surface area (Å²) in [4.78, 5) is 6.63. The Kier molecular flexibility index (Phi) is 5.29. The number of likely N-dealkylation sites (N-methyl/N-ethyl adjacent to an activating group) is 1. The van der Waals surface area contributed by atoms with Crippen molar-refractivity contribution in [3.63, 3.8) is 0 Å².